The smallest absolute Gasteiger partial charge is 0.128 e. The van der Waals surface area contributed by atoms with Gasteiger partial charge in [-0.25, -0.2) is 4.98 Å². The maximum atomic E-state index is 9.48. The molecule has 2 atom stereocenters. The third kappa shape index (κ3) is 3.55. The third-order valence-corrected chi connectivity index (χ3v) is 4.25. The molecule has 2 rings (SSSR count). The normalized spacial score (nSPS) is 14.1. The zero-order chi connectivity index (χ0) is 13.8. The summed E-state index contributed by atoms with van der Waals surface area (Å²) in [5.41, 5.74) is 0.850. The molecule has 0 amide bonds. The number of hydrogen-bond acceptors (Lipinski definition) is 4. The molecule has 0 saturated carbocycles. The quantitative estimate of drug-likeness (QED) is 0.910. The molecular formula is C15H20N2OS. The molecule has 0 spiro atoms. The van der Waals surface area contributed by atoms with Crippen LogP contribution in [0.25, 0.3) is 0 Å². The standard InChI is InChI=1S/C15H20N2OS/c1-11(9-14-5-4-8-19-14)17(3)15-7-6-13(10-16-15)12(2)18/h4-8,10-12,18H,9H2,1-3H3/t11?,12-/m1/s1. The molecule has 2 heterocycles. The van der Waals surface area contributed by atoms with Gasteiger partial charge in [-0.2, -0.15) is 0 Å². The van der Waals surface area contributed by atoms with Crippen LogP contribution in [0.3, 0.4) is 0 Å². The van der Waals surface area contributed by atoms with E-state index in [-0.39, 0.29) is 0 Å². The van der Waals surface area contributed by atoms with Crippen LogP contribution in [0.1, 0.15) is 30.4 Å². The molecule has 0 aromatic carbocycles. The van der Waals surface area contributed by atoms with E-state index in [0.717, 1.165) is 17.8 Å². The van der Waals surface area contributed by atoms with Gasteiger partial charge in [0.1, 0.15) is 5.82 Å². The fourth-order valence-corrected chi connectivity index (χ4v) is 2.76. The largest absolute Gasteiger partial charge is 0.389 e. The van der Waals surface area contributed by atoms with E-state index in [4.69, 9.17) is 0 Å². The summed E-state index contributed by atoms with van der Waals surface area (Å²) in [6, 6.07) is 8.54. The summed E-state index contributed by atoms with van der Waals surface area (Å²) in [6.07, 6.45) is 2.30. The van der Waals surface area contributed by atoms with Crippen molar-refractivity contribution >= 4 is 17.2 Å². The van der Waals surface area contributed by atoms with Crippen LogP contribution in [-0.4, -0.2) is 23.2 Å². The molecule has 0 saturated heterocycles. The van der Waals surface area contributed by atoms with Crippen molar-refractivity contribution in [1.82, 2.24) is 4.98 Å². The zero-order valence-corrected chi connectivity index (χ0v) is 12.4. The number of rotatable bonds is 5. The highest BCUT2D eigenvalue weighted by molar-refractivity contribution is 7.09. The van der Waals surface area contributed by atoms with Crippen molar-refractivity contribution in [1.29, 1.82) is 0 Å². The molecule has 0 aliphatic rings. The Hall–Kier alpha value is -1.39. The lowest BCUT2D eigenvalue weighted by molar-refractivity contribution is 0.199. The first-order valence-electron chi connectivity index (χ1n) is 6.47. The predicted octanol–water partition coefficient (Wildman–Crippen LogP) is 3.26. The first-order chi connectivity index (χ1) is 9.08. The van der Waals surface area contributed by atoms with E-state index in [9.17, 15) is 5.11 Å². The summed E-state index contributed by atoms with van der Waals surface area (Å²) in [4.78, 5) is 7.98. The van der Waals surface area contributed by atoms with Crippen LogP contribution < -0.4 is 4.90 Å². The van der Waals surface area contributed by atoms with Crippen LogP contribution in [0.4, 0.5) is 5.82 Å². The predicted molar refractivity (Wildman–Crippen MR) is 80.8 cm³/mol. The van der Waals surface area contributed by atoms with Crippen molar-refractivity contribution in [2.24, 2.45) is 0 Å². The average Bonchev–Trinajstić information content (AvgIpc) is 2.90. The SMILES string of the molecule is CC(Cc1cccs1)N(C)c1ccc([C@@H](C)O)cn1. The van der Waals surface area contributed by atoms with Crippen molar-refractivity contribution in [2.45, 2.75) is 32.4 Å². The van der Waals surface area contributed by atoms with Gasteiger partial charge in [-0.15, -0.1) is 11.3 Å². The number of nitrogens with zero attached hydrogens (tertiary/aromatic N) is 2. The Kier molecular flexibility index (Phi) is 4.56. The summed E-state index contributed by atoms with van der Waals surface area (Å²) < 4.78 is 0. The minimum absolute atomic E-state index is 0.392. The molecule has 0 aliphatic carbocycles. The second-order valence-electron chi connectivity index (χ2n) is 4.87. The summed E-state index contributed by atoms with van der Waals surface area (Å²) >= 11 is 1.79. The number of likely N-dealkylation sites (N-methyl/N-ethyl adjacent to an activating group) is 1. The van der Waals surface area contributed by atoms with Gasteiger partial charge in [0, 0.05) is 30.6 Å². The van der Waals surface area contributed by atoms with E-state index >= 15 is 0 Å². The first kappa shape index (κ1) is 14.0. The zero-order valence-electron chi connectivity index (χ0n) is 11.6. The fourth-order valence-electron chi connectivity index (χ4n) is 1.94. The van der Waals surface area contributed by atoms with Gasteiger partial charge < -0.3 is 10.0 Å². The highest BCUT2D eigenvalue weighted by Gasteiger charge is 2.13. The highest BCUT2D eigenvalue weighted by Crippen LogP contribution is 2.19. The Bertz CT molecular complexity index is 493. The number of pyridine rings is 1. The van der Waals surface area contributed by atoms with Crippen LogP contribution >= 0.6 is 11.3 Å². The van der Waals surface area contributed by atoms with Crippen molar-refractivity contribution in [3.8, 4) is 0 Å². The second kappa shape index (κ2) is 6.17. The topological polar surface area (TPSA) is 36.4 Å². The summed E-state index contributed by atoms with van der Waals surface area (Å²) in [5, 5.41) is 11.6. The maximum absolute atomic E-state index is 9.48. The number of thiophene rings is 1. The van der Waals surface area contributed by atoms with Crippen LogP contribution in [-0.2, 0) is 6.42 Å². The van der Waals surface area contributed by atoms with Crippen LogP contribution in [0.15, 0.2) is 35.8 Å². The summed E-state index contributed by atoms with van der Waals surface area (Å²) in [5.74, 6) is 0.938. The van der Waals surface area contributed by atoms with Crippen LogP contribution in [0.2, 0.25) is 0 Å². The van der Waals surface area contributed by atoms with Crippen molar-refractivity contribution in [3.63, 3.8) is 0 Å². The Labute approximate surface area is 118 Å². The molecule has 0 bridgehead atoms. The van der Waals surface area contributed by atoms with E-state index in [1.165, 1.54) is 4.88 Å². The van der Waals surface area contributed by atoms with Crippen molar-refractivity contribution in [3.05, 3.63) is 46.3 Å². The fraction of sp³-hybridized carbons (Fsp3) is 0.400. The monoisotopic (exact) mass is 276 g/mol. The van der Waals surface area contributed by atoms with Gasteiger partial charge in [0.15, 0.2) is 0 Å². The lowest BCUT2D eigenvalue weighted by Crippen LogP contribution is -2.31. The first-order valence-corrected chi connectivity index (χ1v) is 7.35. The van der Waals surface area contributed by atoms with Gasteiger partial charge in [0.05, 0.1) is 6.10 Å². The van der Waals surface area contributed by atoms with Gasteiger partial charge >= 0.3 is 0 Å². The molecule has 1 unspecified atom stereocenters. The third-order valence-electron chi connectivity index (χ3n) is 3.35. The molecule has 0 aliphatic heterocycles. The molecule has 4 heteroatoms. The van der Waals surface area contributed by atoms with Gasteiger partial charge in [0.25, 0.3) is 0 Å². The molecule has 0 fully saturated rings. The molecule has 3 nitrogen and oxygen atoms in total. The highest BCUT2D eigenvalue weighted by atomic mass is 32.1. The lowest BCUT2D eigenvalue weighted by atomic mass is 10.1. The van der Waals surface area contributed by atoms with Crippen LogP contribution in [0.5, 0.6) is 0 Å². The molecule has 0 radical (unpaired) electrons. The minimum Gasteiger partial charge on any atom is -0.389 e. The van der Waals surface area contributed by atoms with Gasteiger partial charge in [-0.3, -0.25) is 0 Å². The lowest BCUT2D eigenvalue weighted by Gasteiger charge is -2.25. The molecule has 2 aromatic heterocycles. The Morgan fingerprint density at radius 1 is 1.32 bits per heavy atom. The van der Waals surface area contributed by atoms with E-state index in [2.05, 4.69) is 41.4 Å². The van der Waals surface area contributed by atoms with Gasteiger partial charge in [0.2, 0.25) is 0 Å². The van der Waals surface area contributed by atoms with Crippen molar-refractivity contribution in [2.75, 3.05) is 11.9 Å². The molecule has 102 valence electrons. The van der Waals surface area contributed by atoms with Crippen molar-refractivity contribution < 1.29 is 5.11 Å². The number of aromatic nitrogens is 1. The number of hydrogen-bond donors (Lipinski definition) is 1. The van der Waals surface area contributed by atoms with E-state index in [1.54, 1.807) is 24.5 Å². The van der Waals surface area contributed by atoms with Gasteiger partial charge in [-0.1, -0.05) is 12.1 Å². The van der Waals surface area contributed by atoms with Crippen LogP contribution in [0, 0.1) is 0 Å². The van der Waals surface area contributed by atoms with Gasteiger partial charge in [-0.05, 0) is 36.9 Å². The Morgan fingerprint density at radius 3 is 2.63 bits per heavy atom. The maximum Gasteiger partial charge on any atom is 0.128 e. The Balaban J connectivity index is 2.04. The number of aliphatic hydroxyl groups is 1. The summed E-state index contributed by atoms with van der Waals surface area (Å²) in [6.45, 7) is 3.95. The Morgan fingerprint density at radius 2 is 2.11 bits per heavy atom. The molecule has 1 N–H and O–H groups in total. The molecule has 19 heavy (non-hydrogen) atoms. The number of aliphatic hydroxyl groups excluding tert-OH is 1. The summed E-state index contributed by atoms with van der Waals surface area (Å²) in [7, 11) is 2.06. The minimum atomic E-state index is -0.463. The number of anilines is 1. The van der Waals surface area contributed by atoms with E-state index in [0.29, 0.717) is 6.04 Å². The van der Waals surface area contributed by atoms with E-state index in [1.807, 2.05) is 12.1 Å². The van der Waals surface area contributed by atoms with E-state index < -0.39 is 6.10 Å². The average molecular weight is 276 g/mol. The molecule has 2 aromatic rings. The molecular weight excluding hydrogens is 256 g/mol. The second-order valence-corrected chi connectivity index (χ2v) is 5.90.